The molecule has 0 aliphatic carbocycles. The molecule has 27 aromatic rings. The van der Waals surface area contributed by atoms with E-state index in [0.29, 0.717) is 52.4 Å². The average Bonchev–Trinajstić information content (AvgIpc) is 1.71. The lowest BCUT2D eigenvalue weighted by atomic mass is 9.98. The Kier molecular flexibility index (Phi) is 22.1. The maximum atomic E-state index is 5.15. The van der Waals surface area contributed by atoms with Crippen LogP contribution in [0, 0.1) is 0 Å². The van der Waals surface area contributed by atoms with Crippen LogP contribution in [0.3, 0.4) is 0 Å². The summed E-state index contributed by atoms with van der Waals surface area (Å²) in [5.74, 6) is 5.60. The van der Waals surface area contributed by atoms with Gasteiger partial charge in [-0.2, -0.15) is 26.2 Å². The lowest BCUT2D eigenvalue weighted by molar-refractivity contribution is 1.07. The summed E-state index contributed by atoms with van der Waals surface area (Å²) in [5.41, 5.74) is 29.1. The highest BCUT2D eigenvalue weighted by molar-refractivity contribution is 7.00. The first kappa shape index (κ1) is 84.2. The smallest absolute Gasteiger partial charge is 0.164 e. The van der Waals surface area contributed by atoms with E-state index in [1.807, 2.05) is 170 Å². The van der Waals surface area contributed by atoms with Crippen molar-refractivity contribution in [3.63, 3.8) is 0 Å². The number of hydrogen-bond acceptors (Lipinski definition) is 21. The van der Waals surface area contributed by atoms with Crippen LogP contribution in [0.2, 0.25) is 0 Å². The SMILES string of the molecule is c1ccc(-c2ccc(-c3nc(-c4ccc(-c5ccccc5)cc4)nc(-c4ccc(-c5nc6ccccc6c6c5ccc5nsnc56)cc4)n3)cc2)cc1.c1ccc(-c2ccc(-c3nc(-c4ccccc4)nc(-c4ccc(-c5nc6ccccc6c6c5ccc5nsnc56)cc4)n3)cc2)cc1.c1ccc(-c2nc(-c3ccccc3)nc(-c3ccc(-c4nc5ccccc5c5c4ccc4nsnc45)cc3)n2)cc1. The topological polar surface area (TPSA) is 232 Å². The van der Waals surface area contributed by atoms with Gasteiger partial charge in [0, 0.05) is 115 Å². The maximum absolute atomic E-state index is 5.15. The number of aromatic nitrogens is 18. The number of para-hydroxylation sites is 3. The van der Waals surface area contributed by atoms with Gasteiger partial charge < -0.3 is 0 Å². The summed E-state index contributed by atoms with van der Waals surface area (Å²) in [6.07, 6.45) is 0. The van der Waals surface area contributed by atoms with Crippen molar-refractivity contribution in [3.05, 3.63) is 437 Å². The molecule has 0 spiro atoms. The third-order valence-corrected chi connectivity index (χ3v) is 26.9. The second-order valence-corrected chi connectivity index (χ2v) is 35.5. The number of pyridine rings is 3. The molecule has 141 heavy (non-hydrogen) atoms. The molecule has 18 nitrogen and oxygen atoms in total. The third kappa shape index (κ3) is 16.6. The largest absolute Gasteiger partial charge is 0.247 e. The van der Waals surface area contributed by atoms with Crippen molar-refractivity contribution in [1.82, 2.24) is 86.0 Å². The fourth-order valence-corrected chi connectivity index (χ4v) is 19.9. The van der Waals surface area contributed by atoms with Crippen LogP contribution < -0.4 is 0 Å². The van der Waals surface area contributed by atoms with Gasteiger partial charge in [0.15, 0.2) is 52.4 Å². The summed E-state index contributed by atoms with van der Waals surface area (Å²) in [7, 11) is 0. The molecule has 27 rings (SSSR count). The third-order valence-electron chi connectivity index (χ3n) is 25.3. The molecule has 0 atom stereocenters. The van der Waals surface area contributed by atoms with Gasteiger partial charge in [-0.25, -0.2) is 59.8 Å². The summed E-state index contributed by atoms with van der Waals surface area (Å²) < 4.78 is 27.4. The highest BCUT2D eigenvalue weighted by atomic mass is 32.1. The van der Waals surface area contributed by atoms with Gasteiger partial charge in [-0.05, 0) is 88.0 Å². The van der Waals surface area contributed by atoms with Crippen LogP contribution in [0.1, 0.15) is 0 Å². The van der Waals surface area contributed by atoms with Crippen LogP contribution in [0.25, 0.3) is 268 Å². The first-order valence-electron chi connectivity index (χ1n) is 45.9. The van der Waals surface area contributed by atoms with Crippen molar-refractivity contribution in [3.8, 4) is 170 Å². The summed E-state index contributed by atoms with van der Waals surface area (Å²) in [4.78, 5) is 59.8. The molecule has 0 fully saturated rings. The maximum Gasteiger partial charge on any atom is 0.164 e. The van der Waals surface area contributed by atoms with Gasteiger partial charge in [0.1, 0.15) is 33.1 Å². The molecule has 0 unspecified atom stereocenters. The number of benzene rings is 18. The van der Waals surface area contributed by atoms with E-state index in [2.05, 4.69) is 293 Å². The van der Waals surface area contributed by atoms with Crippen molar-refractivity contribution in [2.24, 2.45) is 0 Å². The van der Waals surface area contributed by atoms with E-state index in [1.54, 1.807) is 0 Å². The Labute approximate surface area is 819 Å². The van der Waals surface area contributed by atoms with Crippen LogP contribution in [0.4, 0.5) is 0 Å². The number of nitrogens with zero attached hydrogens (tertiary/aromatic N) is 18. The molecule has 9 heterocycles. The minimum absolute atomic E-state index is 0.599. The molecule has 0 N–H and O–H groups in total. The van der Waals surface area contributed by atoms with Gasteiger partial charge >= 0.3 is 0 Å². The second kappa shape index (κ2) is 36.9. The van der Waals surface area contributed by atoms with Crippen LogP contribution in [0.15, 0.2) is 437 Å². The minimum Gasteiger partial charge on any atom is -0.247 e. The zero-order valence-corrected chi connectivity index (χ0v) is 77.3. The summed E-state index contributed by atoms with van der Waals surface area (Å²) in [5, 5.41) is 9.59. The van der Waals surface area contributed by atoms with Gasteiger partial charge in [0.05, 0.1) is 68.8 Å². The first-order chi connectivity index (χ1) is 69.8. The van der Waals surface area contributed by atoms with Gasteiger partial charge in [-0.1, -0.05) is 382 Å². The standard InChI is InChI=1S/C46H28N6S.C40H24N6S.C34H20N6S/c1-3-9-29(10-4-1)31-15-21-34(22-16-31)44-48-45(35-23-17-32(18-24-35)30-11-5-2-6-12-30)50-46(49-44)36-25-19-33(20-26-36)42-38-27-28-40-43(52-53-51-40)41(38)37-13-7-8-14-39(37)47-42;1-3-9-25(10-4-1)26-15-19-29(20-16-26)39-42-38(28-11-5-2-6-12-28)43-40(44-39)30-21-17-27(18-22-30)36-32-23-24-34-37(46-47-45-34)35(32)31-13-7-8-14-33(31)41-36;1-3-9-22(10-4-1)32-36-33(23-11-5-2-6-12-23)38-34(37-32)24-17-15-21(16-18-24)30-26-19-20-28-31(40-41-39-28)29(26)25-13-7-8-14-27(25)35-30/h1-28H;1-24H;1-20H. The first-order valence-corrected chi connectivity index (χ1v) is 48.1. The zero-order chi connectivity index (χ0) is 93.5. The Bertz CT molecular complexity index is 9210. The van der Waals surface area contributed by atoms with Crippen LogP contribution >= 0.6 is 35.2 Å². The van der Waals surface area contributed by atoms with Crippen LogP contribution in [0.5, 0.6) is 0 Å². The molecule has 0 saturated heterocycles. The van der Waals surface area contributed by atoms with E-state index < -0.39 is 0 Å². The monoisotopic (exact) mass is 1860 g/mol. The van der Waals surface area contributed by atoms with Crippen LogP contribution in [-0.4, -0.2) is 86.0 Å². The molecule has 0 aliphatic rings. The van der Waals surface area contributed by atoms with Crippen LogP contribution in [-0.2, 0) is 0 Å². The molecule has 0 saturated carbocycles. The molecular weight excluding hydrogens is 1790 g/mol. The average molecular weight is 1860 g/mol. The Hall–Kier alpha value is -18.5. The summed E-state index contributed by atoms with van der Waals surface area (Å²) >= 11 is 3.71. The number of hydrogen-bond donors (Lipinski definition) is 0. The zero-order valence-electron chi connectivity index (χ0n) is 74.8. The molecule has 18 aromatic carbocycles. The molecule has 660 valence electrons. The van der Waals surface area contributed by atoms with Gasteiger partial charge in [-0.15, -0.1) is 0 Å². The predicted molar refractivity (Wildman–Crippen MR) is 572 cm³/mol. The Morgan fingerprint density at radius 2 is 0.284 bits per heavy atom. The Balaban J connectivity index is 0.000000112. The quantitative estimate of drug-likeness (QED) is 0.0868. The van der Waals surface area contributed by atoms with E-state index in [-0.39, 0.29) is 0 Å². The van der Waals surface area contributed by atoms with Crippen molar-refractivity contribution in [1.29, 1.82) is 0 Å². The Morgan fingerprint density at radius 1 is 0.113 bits per heavy atom. The lowest BCUT2D eigenvalue weighted by Crippen LogP contribution is -2.00. The molecule has 0 aliphatic heterocycles. The fraction of sp³-hybridized carbons (Fsp3) is 0. The van der Waals surface area contributed by atoms with E-state index in [1.165, 1.54) is 40.7 Å². The highest BCUT2D eigenvalue weighted by Gasteiger charge is 2.24. The van der Waals surface area contributed by atoms with E-state index in [9.17, 15) is 0 Å². The van der Waals surface area contributed by atoms with Crippen molar-refractivity contribution in [2.75, 3.05) is 0 Å². The Morgan fingerprint density at radius 3 is 0.504 bits per heavy atom. The molecule has 9 aromatic heterocycles. The number of rotatable bonds is 15. The highest BCUT2D eigenvalue weighted by Crippen LogP contribution is 2.43. The van der Waals surface area contributed by atoms with E-state index >= 15 is 0 Å². The van der Waals surface area contributed by atoms with Gasteiger partial charge in [-0.3, -0.25) is 0 Å². The second-order valence-electron chi connectivity index (χ2n) is 33.9. The molecular formula is C120H72N18S3. The van der Waals surface area contributed by atoms with Gasteiger partial charge in [0.2, 0.25) is 0 Å². The lowest BCUT2D eigenvalue weighted by Gasteiger charge is -2.12. The van der Waals surface area contributed by atoms with E-state index in [0.717, 1.165) is 210 Å². The number of fused-ring (bicyclic) bond motifs is 15. The van der Waals surface area contributed by atoms with Crippen molar-refractivity contribution >= 4 is 133 Å². The van der Waals surface area contributed by atoms with E-state index in [4.69, 9.17) is 59.8 Å². The molecule has 21 heteroatoms. The predicted octanol–water partition coefficient (Wildman–Crippen LogP) is 29.7. The minimum atomic E-state index is 0.599. The molecule has 0 radical (unpaired) electrons. The molecule has 0 bridgehead atoms. The normalized spacial score (nSPS) is 11.4. The fourth-order valence-electron chi connectivity index (χ4n) is 18.2. The summed E-state index contributed by atoms with van der Waals surface area (Å²) in [6, 6.07) is 148. The summed E-state index contributed by atoms with van der Waals surface area (Å²) in [6.45, 7) is 0. The van der Waals surface area contributed by atoms with Crippen molar-refractivity contribution < 1.29 is 0 Å². The van der Waals surface area contributed by atoms with Crippen molar-refractivity contribution in [2.45, 2.75) is 0 Å². The van der Waals surface area contributed by atoms with Gasteiger partial charge in [0.25, 0.3) is 0 Å². The molecule has 0 amide bonds.